The third kappa shape index (κ3) is 2.87. The van der Waals surface area contributed by atoms with Gasteiger partial charge in [0.15, 0.2) is 11.6 Å². The molecule has 88 valence electrons. The average Bonchev–Trinajstić information content (AvgIpc) is 2.31. The van der Waals surface area contributed by atoms with E-state index in [2.05, 4.69) is 5.32 Å². The summed E-state index contributed by atoms with van der Waals surface area (Å²) in [7, 11) is 0. The van der Waals surface area contributed by atoms with Crippen molar-refractivity contribution in [3.05, 3.63) is 53.8 Å². The first-order chi connectivity index (χ1) is 8.15. The number of aromatic hydroxyl groups is 2. The summed E-state index contributed by atoms with van der Waals surface area (Å²) in [6, 6.07) is 10.9. The van der Waals surface area contributed by atoms with Crippen molar-refractivity contribution in [2.75, 3.05) is 5.32 Å². The molecular formula is C13H12FNO2. The van der Waals surface area contributed by atoms with Crippen LogP contribution in [0.5, 0.6) is 11.5 Å². The molecule has 0 aliphatic rings. The molecule has 0 spiro atoms. The zero-order chi connectivity index (χ0) is 12.3. The Labute approximate surface area is 98.2 Å². The second kappa shape index (κ2) is 4.74. The van der Waals surface area contributed by atoms with Gasteiger partial charge in [0.05, 0.1) is 0 Å². The molecule has 0 aliphatic carbocycles. The minimum atomic E-state index is -0.661. The van der Waals surface area contributed by atoms with E-state index in [-0.39, 0.29) is 11.5 Å². The highest BCUT2D eigenvalue weighted by molar-refractivity contribution is 5.47. The lowest BCUT2D eigenvalue weighted by Gasteiger charge is -2.07. The van der Waals surface area contributed by atoms with Gasteiger partial charge in [0.25, 0.3) is 0 Å². The zero-order valence-electron chi connectivity index (χ0n) is 9.02. The van der Waals surface area contributed by atoms with Gasteiger partial charge < -0.3 is 15.5 Å². The molecule has 2 aromatic rings. The highest BCUT2D eigenvalue weighted by Gasteiger charge is 2.01. The van der Waals surface area contributed by atoms with Gasteiger partial charge in [-0.1, -0.05) is 12.1 Å². The number of rotatable bonds is 3. The summed E-state index contributed by atoms with van der Waals surface area (Å²) in [5, 5.41) is 21.3. The van der Waals surface area contributed by atoms with E-state index in [1.54, 1.807) is 24.3 Å². The molecule has 0 saturated carbocycles. The Bertz CT molecular complexity index is 529. The molecule has 0 fully saturated rings. The Kier molecular flexibility index (Phi) is 3.14. The molecule has 0 aliphatic heterocycles. The largest absolute Gasteiger partial charge is 0.508 e. The van der Waals surface area contributed by atoms with Crippen molar-refractivity contribution in [2.24, 2.45) is 0 Å². The molecule has 3 N–H and O–H groups in total. The van der Waals surface area contributed by atoms with Gasteiger partial charge in [-0.15, -0.1) is 0 Å². The van der Waals surface area contributed by atoms with Crippen molar-refractivity contribution in [1.29, 1.82) is 0 Å². The lowest BCUT2D eigenvalue weighted by atomic mass is 10.2. The Morgan fingerprint density at radius 1 is 1.06 bits per heavy atom. The van der Waals surface area contributed by atoms with Gasteiger partial charge in [-0.2, -0.15) is 0 Å². The molecule has 0 aromatic heterocycles. The third-order valence-electron chi connectivity index (χ3n) is 2.35. The number of halogens is 1. The molecule has 17 heavy (non-hydrogen) atoms. The predicted molar refractivity (Wildman–Crippen MR) is 63.5 cm³/mol. The van der Waals surface area contributed by atoms with Crippen LogP contribution >= 0.6 is 0 Å². The van der Waals surface area contributed by atoms with E-state index in [9.17, 15) is 9.50 Å². The maximum Gasteiger partial charge on any atom is 0.166 e. The molecule has 0 radical (unpaired) electrons. The first kappa shape index (κ1) is 11.3. The first-order valence-corrected chi connectivity index (χ1v) is 5.15. The summed E-state index contributed by atoms with van der Waals surface area (Å²) in [6.45, 7) is 0.471. The smallest absolute Gasteiger partial charge is 0.166 e. The van der Waals surface area contributed by atoms with E-state index < -0.39 is 5.82 Å². The van der Waals surface area contributed by atoms with Gasteiger partial charge in [0, 0.05) is 18.3 Å². The second-order valence-corrected chi connectivity index (χ2v) is 3.69. The van der Waals surface area contributed by atoms with Crippen LogP contribution in [0.25, 0.3) is 0 Å². The van der Waals surface area contributed by atoms with Gasteiger partial charge >= 0.3 is 0 Å². The van der Waals surface area contributed by atoms with Crippen molar-refractivity contribution in [1.82, 2.24) is 0 Å². The number of hydrogen-bond donors (Lipinski definition) is 3. The van der Waals surface area contributed by atoms with Crippen molar-refractivity contribution in [3.8, 4) is 11.5 Å². The van der Waals surface area contributed by atoms with E-state index in [1.165, 1.54) is 12.1 Å². The van der Waals surface area contributed by atoms with E-state index >= 15 is 0 Å². The van der Waals surface area contributed by atoms with Crippen LogP contribution in [0.15, 0.2) is 42.5 Å². The van der Waals surface area contributed by atoms with E-state index in [0.29, 0.717) is 12.2 Å². The van der Waals surface area contributed by atoms with Crippen LogP contribution in [0.2, 0.25) is 0 Å². The Morgan fingerprint density at radius 3 is 2.59 bits per heavy atom. The SMILES string of the molecule is Oc1cccc(CNc2ccc(O)c(F)c2)c1. The van der Waals surface area contributed by atoms with Gasteiger partial charge in [-0.25, -0.2) is 4.39 Å². The quantitative estimate of drug-likeness (QED) is 0.714. The minimum Gasteiger partial charge on any atom is -0.508 e. The van der Waals surface area contributed by atoms with Crippen LogP contribution in [0.4, 0.5) is 10.1 Å². The Hall–Kier alpha value is -2.23. The molecule has 0 atom stereocenters. The fourth-order valence-corrected chi connectivity index (χ4v) is 1.49. The predicted octanol–water partition coefficient (Wildman–Crippen LogP) is 2.85. The number of nitrogens with one attached hydrogen (secondary N) is 1. The molecular weight excluding hydrogens is 221 g/mol. The fraction of sp³-hybridized carbons (Fsp3) is 0.0769. The van der Waals surface area contributed by atoms with E-state index in [4.69, 9.17) is 5.11 Å². The monoisotopic (exact) mass is 233 g/mol. The van der Waals surface area contributed by atoms with Crippen LogP contribution in [0.3, 0.4) is 0 Å². The van der Waals surface area contributed by atoms with Crippen LogP contribution in [0.1, 0.15) is 5.56 Å². The molecule has 4 heteroatoms. The van der Waals surface area contributed by atoms with Crippen LogP contribution in [0, 0.1) is 5.82 Å². The van der Waals surface area contributed by atoms with E-state index in [0.717, 1.165) is 5.56 Å². The molecule has 0 unspecified atom stereocenters. The molecule has 0 amide bonds. The number of phenols is 2. The van der Waals surface area contributed by atoms with Crippen LogP contribution < -0.4 is 5.32 Å². The summed E-state index contributed by atoms with van der Waals surface area (Å²) in [4.78, 5) is 0. The zero-order valence-corrected chi connectivity index (χ0v) is 9.02. The normalized spacial score (nSPS) is 10.2. The van der Waals surface area contributed by atoms with E-state index in [1.807, 2.05) is 6.07 Å². The minimum absolute atomic E-state index is 0.196. The number of benzene rings is 2. The lowest BCUT2D eigenvalue weighted by Crippen LogP contribution is -1.99. The van der Waals surface area contributed by atoms with Gasteiger partial charge in [0.2, 0.25) is 0 Å². The maximum atomic E-state index is 13.0. The lowest BCUT2D eigenvalue weighted by molar-refractivity contribution is 0.432. The summed E-state index contributed by atoms with van der Waals surface area (Å²) in [5.41, 5.74) is 1.46. The van der Waals surface area contributed by atoms with Crippen molar-refractivity contribution in [3.63, 3.8) is 0 Å². The topological polar surface area (TPSA) is 52.5 Å². The summed E-state index contributed by atoms with van der Waals surface area (Å²) < 4.78 is 13.0. The molecule has 0 bridgehead atoms. The summed E-state index contributed by atoms with van der Waals surface area (Å²) in [5.74, 6) is -0.833. The Balaban J connectivity index is 2.05. The van der Waals surface area contributed by atoms with Gasteiger partial charge in [-0.3, -0.25) is 0 Å². The number of hydrogen-bond acceptors (Lipinski definition) is 3. The fourth-order valence-electron chi connectivity index (χ4n) is 1.49. The molecule has 2 aromatic carbocycles. The second-order valence-electron chi connectivity index (χ2n) is 3.69. The summed E-state index contributed by atoms with van der Waals surface area (Å²) in [6.07, 6.45) is 0. The van der Waals surface area contributed by atoms with Crippen molar-refractivity contribution >= 4 is 5.69 Å². The molecule has 3 nitrogen and oxygen atoms in total. The molecule has 0 saturated heterocycles. The van der Waals surface area contributed by atoms with Crippen molar-refractivity contribution in [2.45, 2.75) is 6.54 Å². The maximum absolute atomic E-state index is 13.0. The third-order valence-corrected chi connectivity index (χ3v) is 2.35. The number of phenolic OH excluding ortho intramolecular Hbond substituents is 2. The highest BCUT2D eigenvalue weighted by Crippen LogP contribution is 2.20. The van der Waals surface area contributed by atoms with Gasteiger partial charge in [0.1, 0.15) is 5.75 Å². The molecule has 0 heterocycles. The van der Waals surface area contributed by atoms with Gasteiger partial charge in [-0.05, 0) is 29.8 Å². The first-order valence-electron chi connectivity index (χ1n) is 5.15. The molecule has 2 rings (SSSR count). The summed E-state index contributed by atoms with van der Waals surface area (Å²) >= 11 is 0. The van der Waals surface area contributed by atoms with Crippen LogP contribution in [-0.2, 0) is 6.54 Å². The standard InChI is InChI=1S/C13H12FNO2/c14-12-7-10(4-5-13(12)17)15-8-9-2-1-3-11(16)6-9/h1-7,15-17H,8H2. The Morgan fingerprint density at radius 2 is 1.88 bits per heavy atom. The van der Waals surface area contributed by atoms with Crippen molar-refractivity contribution < 1.29 is 14.6 Å². The van der Waals surface area contributed by atoms with Crippen LogP contribution in [-0.4, -0.2) is 10.2 Å². The average molecular weight is 233 g/mol. The highest BCUT2D eigenvalue weighted by atomic mass is 19.1. The number of anilines is 1.